The van der Waals surface area contributed by atoms with Crippen LogP contribution in [0.4, 0.5) is 5.69 Å². The largest absolute Gasteiger partial charge is 0.494 e. The Morgan fingerprint density at radius 3 is 2.48 bits per heavy atom. The molecule has 0 aliphatic heterocycles. The third-order valence-electron chi connectivity index (χ3n) is 4.36. The number of nitrogens with zero attached hydrogens (tertiary/aromatic N) is 2. The van der Waals surface area contributed by atoms with E-state index in [4.69, 9.17) is 9.84 Å². The minimum atomic E-state index is -0.835. The number of carboxylic acids is 1. The molecule has 0 saturated carbocycles. The number of hydrogen-bond donors (Lipinski definition) is 2. The van der Waals surface area contributed by atoms with Crippen molar-refractivity contribution in [3.05, 3.63) is 41.7 Å². The Morgan fingerprint density at radius 1 is 1.22 bits per heavy atom. The topological polar surface area (TPSA) is 93.5 Å². The standard InChI is InChI=1S/C20H27N3O4/c1-4-16(5-2)23-14(3)13-18(22-23)20(26)21-15-8-10-17(11-9-15)27-12-6-7-19(24)25/h8-11,13,16H,4-7,12H2,1-3H3,(H,21,26)(H,24,25). The predicted molar refractivity (Wildman–Crippen MR) is 103 cm³/mol. The van der Waals surface area contributed by atoms with Crippen LogP contribution in [0, 0.1) is 6.92 Å². The van der Waals surface area contributed by atoms with Gasteiger partial charge in [0.1, 0.15) is 5.75 Å². The maximum absolute atomic E-state index is 12.5. The van der Waals surface area contributed by atoms with Gasteiger partial charge in [-0.1, -0.05) is 13.8 Å². The molecule has 1 aromatic heterocycles. The monoisotopic (exact) mass is 373 g/mol. The number of carbonyl (C=O) groups excluding carboxylic acids is 1. The zero-order chi connectivity index (χ0) is 19.8. The van der Waals surface area contributed by atoms with Crippen molar-refractivity contribution < 1.29 is 19.4 Å². The molecule has 0 unspecified atom stereocenters. The molecule has 0 fully saturated rings. The first-order valence-corrected chi connectivity index (χ1v) is 9.26. The van der Waals surface area contributed by atoms with Crippen LogP contribution in [0.3, 0.4) is 0 Å². The molecular weight excluding hydrogens is 346 g/mol. The van der Waals surface area contributed by atoms with E-state index in [0.717, 1.165) is 18.5 Å². The Kier molecular flexibility index (Phi) is 7.40. The number of carbonyl (C=O) groups is 2. The number of aliphatic carboxylic acids is 1. The third kappa shape index (κ3) is 5.84. The lowest BCUT2D eigenvalue weighted by molar-refractivity contribution is -0.137. The molecule has 2 rings (SSSR count). The van der Waals surface area contributed by atoms with Gasteiger partial charge in [-0.2, -0.15) is 5.10 Å². The number of amides is 1. The van der Waals surface area contributed by atoms with E-state index in [1.807, 2.05) is 11.6 Å². The average Bonchev–Trinajstić information content (AvgIpc) is 3.03. The fourth-order valence-electron chi connectivity index (χ4n) is 2.85. The lowest BCUT2D eigenvalue weighted by Crippen LogP contribution is -2.15. The van der Waals surface area contributed by atoms with Crippen LogP contribution in [-0.2, 0) is 4.79 Å². The van der Waals surface area contributed by atoms with Crippen LogP contribution in [-0.4, -0.2) is 33.4 Å². The van der Waals surface area contributed by atoms with E-state index >= 15 is 0 Å². The van der Waals surface area contributed by atoms with Crippen molar-refractivity contribution in [3.63, 3.8) is 0 Å². The molecule has 0 spiro atoms. The highest BCUT2D eigenvalue weighted by Crippen LogP contribution is 2.20. The van der Waals surface area contributed by atoms with Gasteiger partial charge in [-0.3, -0.25) is 14.3 Å². The number of ether oxygens (including phenoxy) is 1. The van der Waals surface area contributed by atoms with E-state index in [-0.39, 0.29) is 12.3 Å². The van der Waals surface area contributed by atoms with Gasteiger partial charge in [0.2, 0.25) is 0 Å². The predicted octanol–water partition coefficient (Wildman–Crippen LogP) is 4.05. The Bertz CT molecular complexity index is 764. The van der Waals surface area contributed by atoms with Gasteiger partial charge in [-0.05, 0) is 56.5 Å². The Labute approximate surface area is 159 Å². The number of benzene rings is 1. The normalized spacial score (nSPS) is 10.8. The smallest absolute Gasteiger partial charge is 0.303 e. The van der Waals surface area contributed by atoms with Crippen molar-refractivity contribution in [2.75, 3.05) is 11.9 Å². The number of aromatic nitrogens is 2. The van der Waals surface area contributed by atoms with Gasteiger partial charge in [0.05, 0.1) is 12.6 Å². The zero-order valence-electron chi connectivity index (χ0n) is 16.1. The van der Waals surface area contributed by atoms with Gasteiger partial charge in [0.25, 0.3) is 5.91 Å². The number of anilines is 1. The number of carboxylic acid groups (broad SMARTS) is 1. The van der Waals surface area contributed by atoms with Crippen LogP contribution in [0.25, 0.3) is 0 Å². The summed E-state index contributed by atoms with van der Waals surface area (Å²) < 4.78 is 7.40. The van der Waals surface area contributed by atoms with E-state index in [0.29, 0.717) is 36.2 Å². The molecule has 0 atom stereocenters. The molecule has 0 aliphatic carbocycles. The molecule has 2 N–H and O–H groups in total. The first kappa shape index (κ1) is 20.5. The summed E-state index contributed by atoms with van der Waals surface area (Å²) in [6.45, 7) is 6.52. The van der Waals surface area contributed by atoms with Gasteiger partial charge >= 0.3 is 5.97 Å². The summed E-state index contributed by atoms with van der Waals surface area (Å²) in [5.41, 5.74) is 2.01. The van der Waals surface area contributed by atoms with E-state index < -0.39 is 5.97 Å². The van der Waals surface area contributed by atoms with Gasteiger partial charge in [0.15, 0.2) is 5.69 Å². The van der Waals surface area contributed by atoms with Crippen LogP contribution in [0.1, 0.15) is 61.8 Å². The Hall–Kier alpha value is -2.83. The minimum absolute atomic E-state index is 0.0805. The van der Waals surface area contributed by atoms with Crippen molar-refractivity contribution in [1.82, 2.24) is 9.78 Å². The van der Waals surface area contributed by atoms with Gasteiger partial charge in [-0.15, -0.1) is 0 Å². The van der Waals surface area contributed by atoms with E-state index in [9.17, 15) is 9.59 Å². The SMILES string of the molecule is CCC(CC)n1nc(C(=O)Nc2ccc(OCCCC(=O)O)cc2)cc1C. The second-order valence-electron chi connectivity index (χ2n) is 6.41. The first-order valence-electron chi connectivity index (χ1n) is 9.26. The maximum Gasteiger partial charge on any atom is 0.303 e. The molecule has 0 saturated heterocycles. The van der Waals surface area contributed by atoms with Crippen molar-refractivity contribution in [2.45, 2.75) is 52.5 Å². The highest BCUT2D eigenvalue weighted by Gasteiger charge is 2.16. The molecule has 2 aromatic rings. The van der Waals surface area contributed by atoms with E-state index in [1.165, 1.54) is 0 Å². The molecular formula is C20H27N3O4. The van der Waals surface area contributed by atoms with Crippen LogP contribution in [0.15, 0.2) is 30.3 Å². The van der Waals surface area contributed by atoms with Crippen molar-refractivity contribution in [3.8, 4) is 5.75 Å². The summed E-state index contributed by atoms with van der Waals surface area (Å²) in [4.78, 5) is 22.9. The Morgan fingerprint density at radius 2 is 1.89 bits per heavy atom. The molecule has 0 bridgehead atoms. The Balaban J connectivity index is 1.94. The molecule has 0 radical (unpaired) electrons. The number of nitrogens with one attached hydrogen (secondary N) is 1. The summed E-state index contributed by atoms with van der Waals surface area (Å²) >= 11 is 0. The van der Waals surface area contributed by atoms with Crippen molar-refractivity contribution in [1.29, 1.82) is 0 Å². The number of aryl methyl sites for hydroxylation is 1. The summed E-state index contributed by atoms with van der Waals surface area (Å²) in [5.74, 6) is -0.455. The molecule has 1 amide bonds. The summed E-state index contributed by atoms with van der Waals surface area (Å²) in [6.07, 6.45) is 2.46. The first-order chi connectivity index (χ1) is 12.9. The average molecular weight is 373 g/mol. The molecule has 0 aliphatic rings. The highest BCUT2D eigenvalue weighted by molar-refractivity contribution is 6.02. The fourth-order valence-corrected chi connectivity index (χ4v) is 2.85. The molecule has 7 heteroatoms. The number of hydrogen-bond acceptors (Lipinski definition) is 4. The third-order valence-corrected chi connectivity index (χ3v) is 4.36. The lowest BCUT2D eigenvalue weighted by atomic mass is 10.2. The lowest BCUT2D eigenvalue weighted by Gasteiger charge is -2.14. The van der Waals surface area contributed by atoms with E-state index in [2.05, 4.69) is 24.3 Å². The van der Waals surface area contributed by atoms with Crippen LogP contribution < -0.4 is 10.1 Å². The minimum Gasteiger partial charge on any atom is -0.494 e. The molecule has 7 nitrogen and oxygen atoms in total. The summed E-state index contributed by atoms with van der Waals surface area (Å²) in [6, 6.07) is 9.07. The fraction of sp³-hybridized carbons (Fsp3) is 0.450. The van der Waals surface area contributed by atoms with Crippen LogP contribution >= 0.6 is 0 Å². The number of rotatable bonds is 10. The van der Waals surface area contributed by atoms with Crippen LogP contribution in [0.5, 0.6) is 5.75 Å². The quantitative estimate of drug-likeness (QED) is 0.613. The van der Waals surface area contributed by atoms with Crippen molar-refractivity contribution >= 4 is 17.6 Å². The second kappa shape index (κ2) is 9.75. The van der Waals surface area contributed by atoms with Crippen LogP contribution in [0.2, 0.25) is 0 Å². The van der Waals surface area contributed by atoms with Gasteiger partial charge in [-0.25, -0.2) is 0 Å². The highest BCUT2D eigenvalue weighted by atomic mass is 16.5. The molecule has 1 heterocycles. The summed E-state index contributed by atoms with van der Waals surface area (Å²) in [5, 5.41) is 15.9. The second-order valence-corrected chi connectivity index (χ2v) is 6.41. The van der Waals surface area contributed by atoms with Gasteiger partial charge in [0, 0.05) is 17.8 Å². The molecule has 1 aromatic carbocycles. The zero-order valence-corrected chi connectivity index (χ0v) is 16.1. The van der Waals surface area contributed by atoms with E-state index in [1.54, 1.807) is 30.3 Å². The summed E-state index contributed by atoms with van der Waals surface area (Å²) in [7, 11) is 0. The molecule has 146 valence electrons. The maximum atomic E-state index is 12.5. The van der Waals surface area contributed by atoms with Crippen molar-refractivity contribution in [2.24, 2.45) is 0 Å². The molecule has 27 heavy (non-hydrogen) atoms. The van der Waals surface area contributed by atoms with Gasteiger partial charge < -0.3 is 15.2 Å².